The van der Waals surface area contributed by atoms with Gasteiger partial charge in [-0.3, -0.25) is 4.79 Å². The summed E-state index contributed by atoms with van der Waals surface area (Å²) < 4.78 is 0. The number of nitrogens with one attached hydrogen (secondary N) is 1. The largest absolute Gasteiger partial charge is 0.387 e. The molecule has 0 saturated heterocycles. The van der Waals surface area contributed by atoms with Crippen LogP contribution in [0.15, 0.2) is 24.3 Å². The molecule has 1 aromatic carbocycles. The molecule has 0 radical (unpaired) electrons. The van der Waals surface area contributed by atoms with Gasteiger partial charge in [-0.2, -0.15) is 0 Å². The van der Waals surface area contributed by atoms with Crippen LogP contribution < -0.4 is 5.32 Å². The molecule has 1 atom stereocenters. The standard InChI is InChI=1S/C15H24N2O2/c1-4-5-9-17(3)11-15(19)13-7-6-8-14(10-13)16-12(2)18/h6-8,10,15,19H,4-5,9,11H2,1-3H3,(H,16,18). The Morgan fingerprint density at radius 1 is 1.47 bits per heavy atom. The molecule has 1 aromatic rings. The van der Waals surface area contributed by atoms with E-state index in [0.717, 1.165) is 30.6 Å². The number of aliphatic hydroxyl groups is 1. The van der Waals surface area contributed by atoms with E-state index in [2.05, 4.69) is 17.1 Å². The molecule has 1 amide bonds. The third-order valence-electron chi connectivity index (χ3n) is 2.97. The molecule has 2 N–H and O–H groups in total. The third kappa shape index (κ3) is 5.85. The molecule has 0 aromatic heterocycles. The van der Waals surface area contributed by atoms with Crippen LogP contribution in [0.4, 0.5) is 5.69 Å². The maximum atomic E-state index is 11.0. The Kier molecular flexibility index (Phi) is 6.53. The number of carbonyl (C=O) groups is 1. The minimum atomic E-state index is -0.532. The van der Waals surface area contributed by atoms with E-state index in [-0.39, 0.29) is 5.91 Å². The second-order valence-corrected chi connectivity index (χ2v) is 4.94. The SMILES string of the molecule is CCCCN(C)CC(O)c1cccc(NC(C)=O)c1. The van der Waals surface area contributed by atoms with E-state index in [9.17, 15) is 9.90 Å². The highest BCUT2D eigenvalue weighted by Crippen LogP contribution is 2.18. The molecule has 0 fully saturated rings. The first-order valence-electron chi connectivity index (χ1n) is 6.77. The van der Waals surface area contributed by atoms with Crippen molar-refractivity contribution in [2.75, 3.05) is 25.5 Å². The summed E-state index contributed by atoms with van der Waals surface area (Å²) in [6, 6.07) is 7.36. The average Bonchev–Trinajstić information content (AvgIpc) is 2.35. The lowest BCUT2D eigenvalue weighted by Gasteiger charge is -2.20. The zero-order chi connectivity index (χ0) is 14.3. The van der Waals surface area contributed by atoms with Crippen LogP contribution in [-0.4, -0.2) is 36.1 Å². The number of unbranched alkanes of at least 4 members (excludes halogenated alkanes) is 1. The Bertz CT molecular complexity index is 407. The van der Waals surface area contributed by atoms with Crippen LogP contribution in [0.2, 0.25) is 0 Å². The Morgan fingerprint density at radius 2 is 2.21 bits per heavy atom. The number of hydrogen-bond donors (Lipinski definition) is 2. The molecule has 0 aliphatic heterocycles. The summed E-state index contributed by atoms with van der Waals surface area (Å²) >= 11 is 0. The van der Waals surface area contributed by atoms with Crippen LogP contribution in [0.3, 0.4) is 0 Å². The molecule has 0 spiro atoms. The molecule has 4 nitrogen and oxygen atoms in total. The highest BCUT2D eigenvalue weighted by molar-refractivity contribution is 5.88. The molecule has 0 heterocycles. The lowest BCUT2D eigenvalue weighted by molar-refractivity contribution is -0.114. The molecule has 0 aliphatic carbocycles. The van der Waals surface area contributed by atoms with Gasteiger partial charge in [0.25, 0.3) is 0 Å². The number of aliphatic hydroxyl groups excluding tert-OH is 1. The lowest BCUT2D eigenvalue weighted by atomic mass is 10.1. The van der Waals surface area contributed by atoms with Crippen LogP contribution in [0, 0.1) is 0 Å². The predicted molar refractivity (Wildman–Crippen MR) is 78.1 cm³/mol. The van der Waals surface area contributed by atoms with E-state index < -0.39 is 6.10 Å². The van der Waals surface area contributed by atoms with Gasteiger partial charge in [-0.1, -0.05) is 25.5 Å². The van der Waals surface area contributed by atoms with Gasteiger partial charge in [-0.15, -0.1) is 0 Å². The quantitative estimate of drug-likeness (QED) is 0.795. The highest BCUT2D eigenvalue weighted by atomic mass is 16.3. The number of anilines is 1. The number of rotatable bonds is 7. The van der Waals surface area contributed by atoms with Crippen LogP contribution >= 0.6 is 0 Å². The van der Waals surface area contributed by atoms with Crippen molar-refractivity contribution in [1.29, 1.82) is 0 Å². The van der Waals surface area contributed by atoms with Crippen LogP contribution in [0.1, 0.15) is 38.4 Å². The Morgan fingerprint density at radius 3 is 2.84 bits per heavy atom. The number of nitrogens with zero attached hydrogens (tertiary/aromatic N) is 1. The second kappa shape index (κ2) is 7.92. The average molecular weight is 264 g/mol. The van der Waals surface area contributed by atoms with E-state index in [1.54, 1.807) is 0 Å². The van der Waals surface area contributed by atoms with Gasteiger partial charge in [0.15, 0.2) is 0 Å². The smallest absolute Gasteiger partial charge is 0.221 e. The normalized spacial score (nSPS) is 12.5. The number of amides is 1. The zero-order valence-electron chi connectivity index (χ0n) is 12.0. The molecule has 19 heavy (non-hydrogen) atoms. The molecule has 0 saturated carbocycles. The van der Waals surface area contributed by atoms with E-state index in [0.29, 0.717) is 6.54 Å². The first-order valence-corrected chi connectivity index (χ1v) is 6.77. The summed E-state index contributed by atoms with van der Waals surface area (Å²) in [7, 11) is 2.01. The summed E-state index contributed by atoms with van der Waals surface area (Å²) in [6.07, 6.45) is 1.75. The lowest BCUT2D eigenvalue weighted by Crippen LogP contribution is -2.25. The Balaban J connectivity index is 2.60. The predicted octanol–water partition coefficient (Wildman–Crippen LogP) is 2.41. The molecule has 1 unspecified atom stereocenters. The van der Waals surface area contributed by atoms with Gasteiger partial charge in [0, 0.05) is 19.2 Å². The van der Waals surface area contributed by atoms with E-state index in [1.165, 1.54) is 6.92 Å². The minimum absolute atomic E-state index is 0.105. The minimum Gasteiger partial charge on any atom is -0.387 e. The maximum absolute atomic E-state index is 11.0. The van der Waals surface area contributed by atoms with Crippen molar-refractivity contribution in [2.24, 2.45) is 0 Å². The molecule has 0 aliphatic rings. The molecular formula is C15H24N2O2. The van der Waals surface area contributed by atoms with Gasteiger partial charge in [-0.25, -0.2) is 0 Å². The highest BCUT2D eigenvalue weighted by Gasteiger charge is 2.11. The topological polar surface area (TPSA) is 52.6 Å². The fourth-order valence-corrected chi connectivity index (χ4v) is 1.95. The van der Waals surface area contributed by atoms with Crippen LogP contribution in [0.5, 0.6) is 0 Å². The van der Waals surface area contributed by atoms with Gasteiger partial charge in [0.2, 0.25) is 5.91 Å². The molecule has 0 bridgehead atoms. The third-order valence-corrected chi connectivity index (χ3v) is 2.97. The van der Waals surface area contributed by atoms with Gasteiger partial charge in [-0.05, 0) is 37.7 Å². The number of likely N-dealkylation sites (N-methyl/N-ethyl adjacent to an activating group) is 1. The first-order chi connectivity index (χ1) is 9.02. The van der Waals surface area contributed by atoms with Crippen molar-refractivity contribution in [3.8, 4) is 0 Å². The number of hydrogen-bond acceptors (Lipinski definition) is 3. The molecular weight excluding hydrogens is 240 g/mol. The van der Waals surface area contributed by atoms with E-state index in [4.69, 9.17) is 0 Å². The van der Waals surface area contributed by atoms with Crippen molar-refractivity contribution in [3.63, 3.8) is 0 Å². The molecule has 1 rings (SSSR count). The van der Waals surface area contributed by atoms with Gasteiger partial charge < -0.3 is 15.3 Å². The number of carbonyl (C=O) groups excluding carboxylic acids is 1. The summed E-state index contributed by atoms with van der Waals surface area (Å²) in [5, 5.41) is 12.9. The van der Waals surface area contributed by atoms with Gasteiger partial charge in [0.1, 0.15) is 0 Å². The fourth-order valence-electron chi connectivity index (χ4n) is 1.95. The van der Waals surface area contributed by atoms with Crippen molar-refractivity contribution < 1.29 is 9.90 Å². The van der Waals surface area contributed by atoms with Crippen molar-refractivity contribution in [2.45, 2.75) is 32.8 Å². The van der Waals surface area contributed by atoms with Crippen molar-refractivity contribution in [1.82, 2.24) is 4.90 Å². The fraction of sp³-hybridized carbons (Fsp3) is 0.533. The summed E-state index contributed by atoms with van der Waals surface area (Å²) in [6.45, 7) is 5.21. The van der Waals surface area contributed by atoms with E-state index in [1.807, 2.05) is 31.3 Å². The van der Waals surface area contributed by atoms with Crippen LogP contribution in [-0.2, 0) is 4.79 Å². The maximum Gasteiger partial charge on any atom is 0.221 e. The van der Waals surface area contributed by atoms with Gasteiger partial charge >= 0.3 is 0 Å². The molecule has 106 valence electrons. The summed E-state index contributed by atoms with van der Waals surface area (Å²) in [5.41, 5.74) is 1.55. The Labute approximate surface area is 115 Å². The Hall–Kier alpha value is -1.39. The van der Waals surface area contributed by atoms with E-state index >= 15 is 0 Å². The number of benzene rings is 1. The molecule has 4 heteroatoms. The monoisotopic (exact) mass is 264 g/mol. The van der Waals surface area contributed by atoms with Crippen molar-refractivity contribution >= 4 is 11.6 Å². The second-order valence-electron chi connectivity index (χ2n) is 4.94. The summed E-state index contributed by atoms with van der Waals surface area (Å²) in [4.78, 5) is 13.1. The first kappa shape index (κ1) is 15.7. The van der Waals surface area contributed by atoms with Crippen LogP contribution in [0.25, 0.3) is 0 Å². The zero-order valence-corrected chi connectivity index (χ0v) is 12.0. The summed E-state index contributed by atoms with van der Waals surface area (Å²) in [5.74, 6) is -0.105. The van der Waals surface area contributed by atoms with Gasteiger partial charge in [0.05, 0.1) is 6.10 Å². The van der Waals surface area contributed by atoms with Crippen molar-refractivity contribution in [3.05, 3.63) is 29.8 Å².